The van der Waals surface area contributed by atoms with Crippen LogP contribution in [0.5, 0.6) is 0 Å². The van der Waals surface area contributed by atoms with Gasteiger partial charge in [-0.05, 0) is 30.2 Å². The number of amides is 4. The molecule has 0 aliphatic carbocycles. The van der Waals surface area contributed by atoms with Gasteiger partial charge in [0.25, 0.3) is 5.91 Å². The maximum Gasteiger partial charge on any atom is 0.324 e. The largest absolute Gasteiger partial charge is 0.335 e. The first-order valence-corrected chi connectivity index (χ1v) is 8.46. The highest BCUT2D eigenvalue weighted by atomic mass is 16.2. The first kappa shape index (κ1) is 17.7. The zero-order valence-corrected chi connectivity index (χ0v) is 14.8. The topological polar surface area (TPSA) is 69.7 Å². The number of rotatable bonds is 5. The van der Waals surface area contributed by atoms with Gasteiger partial charge in [0.1, 0.15) is 0 Å². The molecule has 26 heavy (non-hydrogen) atoms. The van der Waals surface area contributed by atoms with Crippen molar-refractivity contribution in [1.82, 2.24) is 15.1 Å². The van der Waals surface area contributed by atoms with Crippen LogP contribution < -0.4 is 5.32 Å². The molecule has 2 aromatic rings. The average Bonchev–Trinajstić information content (AvgIpc) is 2.99. The highest BCUT2D eigenvalue weighted by molar-refractivity contribution is 6.02. The summed E-state index contributed by atoms with van der Waals surface area (Å²) in [5.41, 5.74) is 2.32. The maximum absolute atomic E-state index is 12.8. The number of hydrogen-bond acceptors (Lipinski definition) is 3. The monoisotopic (exact) mass is 351 g/mol. The summed E-state index contributed by atoms with van der Waals surface area (Å²) in [6, 6.07) is 16.4. The molecule has 0 aromatic heterocycles. The molecule has 0 unspecified atom stereocenters. The Morgan fingerprint density at radius 2 is 1.88 bits per heavy atom. The summed E-state index contributed by atoms with van der Waals surface area (Å²) in [5.74, 6) is -0.373. The van der Waals surface area contributed by atoms with Gasteiger partial charge < -0.3 is 10.2 Å². The lowest BCUT2D eigenvalue weighted by molar-refractivity contribution is -0.125. The fraction of sp³-hybridized carbons (Fsp3) is 0.250. The minimum atomic E-state index is -0.401. The molecule has 1 saturated heterocycles. The summed E-state index contributed by atoms with van der Waals surface area (Å²) in [4.78, 5) is 39.1. The van der Waals surface area contributed by atoms with Crippen molar-refractivity contribution in [3.8, 4) is 0 Å². The quantitative estimate of drug-likeness (QED) is 0.842. The zero-order valence-electron chi connectivity index (χ0n) is 14.8. The predicted molar refractivity (Wildman–Crippen MR) is 97.3 cm³/mol. The highest BCUT2D eigenvalue weighted by Gasteiger charge is 2.28. The van der Waals surface area contributed by atoms with E-state index >= 15 is 0 Å². The molecule has 1 fully saturated rings. The molecule has 0 saturated carbocycles. The van der Waals surface area contributed by atoms with Crippen LogP contribution in [0.3, 0.4) is 0 Å². The van der Waals surface area contributed by atoms with Crippen LogP contribution in [0.4, 0.5) is 4.79 Å². The number of carbonyl (C=O) groups excluding carboxylic acids is 3. The standard InChI is InChI=1S/C20H21N3O3/c1-14(16-8-4-3-5-9-16)22(2)19(25)17-10-6-7-15(11-17)13-23-18(24)12-21-20(23)26/h3-11,14H,12-13H2,1-2H3,(H,21,26)/t14-/m1/s1. The van der Waals surface area contributed by atoms with Crippen molar-refractivity contribution in [3.63, 3.8) is 0 Å². The molecule has 1 atom stereocenters. The lowest BCUT2D eigenvalue weighted by Gasteiger charge is -2.25. The second kappa shape index (κ2) is 7.39. The first-order chi connectivity index (χ1) is 12.5. The maximum atomic E-state index is 12.8. The SMILES string of the molecule is C[C@H](c1ccccc1)N(C)C(=O)c1cccc(CN2C(=O)CNC2=O)c1. The van der Waals surface area contributed by atoms with Gasteiger partial charge in [0.05, 0.1) is 19.1 Å². The number of urea groups is 1. The summed E-state index contributed by atoms with van der Waals surface area (Å²) in [7, 11) is 1.77. The summed E-state index contributed by atoms with van der Waals surface area (Å²) < 4.78 is 0. The van der Waals surface area contributed by atoms with Gasteiger partial charge in [-0.25, -0.2) is 4.79 Å². The van der Waals surface area contributed by atoms with E-state index < -0.39 is 6.03 Å². The number of imide groups is 1. The van der Waals surface area contributed by atoms with E-state index in [0.29, 0.717) is 5.56 Å². The normalized spacial score (nSPS) is 14.9. The van der Waals surface area contributed by atoms with Crippen LogP contribution in [0.2, 0.25) is 0 Å². The van der Waals surface area contributed by atoms with Crippen molar-refractivity contribution in [2.45, 2.75) is 19.5 Å². The third-order valence-electron chi connectivity index (χ3n) is 4.63. The molecule has 1 heterocycles. The Morgan fingerprint density at radius 3 is 2.54 bits per heavy atom. The van der Waals surface area contributed by atoms with Gasteiger partial charge in [0.2, 0.25) is 5.91 Å². The molecule has 0 radical (unpaired) electrons. The fourth-order valence-corrected chi connectivity index (χ4v) is 2.94. The fourth-order valence-electron chi connectivity index (χ4n) is 2.94. The second-order valence-electron chi connectivity index (χ2n) is 6.34. The molecule has 1 N–H and O–H groups in total. The van der Waals surface area contributed by atoms with E-state index in [1.807, 2.05) is 37.3 Å². The zero-order chi connectivity index (χ0) is 18.7. The smallest absolute Gasteiger partial charge is 0.324 e. The van der Waals surface area contributed by atoms with Crippen LogP contribution in [0, 0.1) is 0 Å². The van der Waals surface area contributed by atoms with Crippen molar-refractivity contribution in [2.75, 3.05) is 13.6 Å². The summed E-state index contributed by atoms with van der Waals surface area (Å²) in [5, 5.41) is 2.49. The Balaban J connectivity index is 1.75. The second-order valence-corrected chi connectivity index (χ2v) is 6.34. The minimum absolute atomic E-state index is 0.0226. The molecule has 134 valence electrons. The average molecular weight is 351 g/mol. The van der Waals surface area contributed by atoms with Crippen LogP contribution in [0.15, 0.2) is 54.6 Å². The summed E-state index contributed by atoms with van der Waals surface area (Å²) >= 11 is 0. The molecule has 0 spiro atoms. The van der Waals surface area contributed by atoms with Crippen LogP contribution >= 0.6 is 0 Å². The summed E-state index contributed by atoms with van der Waals surface area (Å²) in [6.45, 7) is 2.16. The summed E-state index contributed by atoms with van der Waals surface area (Å²) in [6.07, 6.45) is 0. The van der Waals surface area contributed by atoms with E-state index in [1.165, 1.54) is 0 Å². The third-order valence-corrected chi connectivity index (χ3v) is 4.63. The Bertz CT molecular complexity index is 819. The number of benzene rings is 2. The Kier molecular flexibility index (Phi) is 5.02. The number of nitrogens with zero attached hydrogens (tertiary/aromatic N) is 2. The minimum Gasteiger partial charge on any atom is -0.335 e. The van der Waals surface area contributed by atoms with E-state index in [2.05, 4.69) is 5.32 Å². The molecule has 1 aliphatic heterocycles. The van der Waals surface area contributed by atoms with Crippen molar-refractivity contribution < 1.29 is 14.4 Å². The predicted octanol–water partition coefficient (Wildman–Crippen LogP) is 2.57. The van der Waals surface area contributed by atoms with Crippen molar-refractivity contribution >= 4 is 17.8 Å². The molecule has 1 aliphatic rings. The molecule has 4 amide bonds. The van der Waals surface area contributed by atoms with Gasteiger partial charge in [-0.2, -0.15) is 0 Å². The molecule has 2 aromatic carbocycles. The van der Waals surface area contributed by atoms with E-state index in [-0.39, 0.29) is 30.9 Å². The van der Waals surface area contributed by atoms with Gasteiger partial charge in [-0.1, -0.05) is 42.5 Å². The van der Waals surface area contributed by atoms with Crippen molar-refractivity contribution in [3.05, 3.63) is 71.3 Å². The molecular weight excluding hydrogens is 330 g/mol. The Hall–Kier alpha value is -3.15. The van der Waals surface area contributed by atoms with E-state index in [4.69, 9.17) is 0 Å². The third kappa shape index (κ3) is 3.59. The van der Waals surface area contributed by atoms with E-state index in [0.717, 1.165) is 16.0 Å². The van der Waals surface area contributed by atoms with Crippen LogP contribution in [0.25, 0.3) is 0 Å². The highest BCUT2D eigenvalue weighted by Crippen LogP contribution is 2.21. The van der Waals surface area contributed by atoms with Gasteiger partial charge >= 0.3 is 6.03 Å². The van der Waals surface area contributed by atoms with Gasteiger partial charge in [-0.3, -0.25) is 14.5 Å². The molecule has 3 rings (SSSR count). The van der Waals surface area contributed by atoms with Gasteiger partial charge in [0, 0.05) is 12.6 Å². The van der Waals surface area contributed by atoms with Crippen LogP contribution in [-0.4, -0.2) is 41.2 Å². The Morgan fingerprint density at radius 1 is 1.15 bits per heavy atom. The van der Waals surface area contributed by atoms with Crippen molar-refractivity contribution in [2.24, 2.45) is 0 Å². The van der Waals surface area contributed by atoms with Crippen molar-refractivity contribution in [1.29, 1.82) is 0 Å². The van der Waals surface area contributed by atoms with Gasteiger partial charge in [-0.15, -0.1) is 0 Å². The van der Waals surface area contributed by atoms with E-state index in [1.54, 1.807) is 36.2 Å². The molecule has 6 nitrogen and oxygen atoms in total. The first-order valence-electron chi connectivity index (χ1n) is 8.46. The van der Waals surface area contributed by atoms with Gasteiger partial charge in [0.15, 0.2) is 0 Å². The number of carbonyl (C=O) groups is 3. The molecule has 6 heteroatoms. The van der Waals surface area contributed by atoms with Crippen LogP contribution in [-0.2, 0) is 11.3 Å². The lowest BCUT2D eigenvalue weighted by Crippen LogP contribution is -2.31. The number of nitrogens with one attached hydrogen (secondary N) is 1. The Labute approximate surface area is 152 Å². The van der Waals surface area contributed by atoms with Crippen LogP contribution in [0.1, 0.15) is 34.5 Å². The molecule has 0 bridgehead atoms. The molecular formula is C20H21N3O3. The van der Waals surface area contributed by atoms with E-state index in [9.17, 15) is 14.4 Å². The number of hydrogen-bond donors (Lipinski definition) is 1. The lowest BCUT2D eigenvalue weighted by atomic mass is 10.1.